The van der Waals surface area contributed by atoms with Gasteiger partial charge in [0, 0.05) is 6.07 Å². The number of aromatic nitrogens is 3. The summed E-state index contributed by atoms with van der Waals surface area (Å²) in [6.07, 6.45) is 2.55. The first-order valence-corrected chi connectivity index (χ1v) is 5.06. The minimum Gasteiger partial charge on any atom is -0.358 e. The summed E-state index contributed by atoms with van der Waals surface area (Å²) in [5.41, 5.74) is 0.0541. The van der Waals surface area contributed by atoms with Crippen LogP contribution in [-0.4, -0.2) is 25.8 Å². The standard InChI is InChI=1S/C9H6ClN5O3/c10-6-3-12-7(4-11-6)14-9(16)5-1-2-8(13-5)15(17)18/h1-4,13H,(H,12,14,16). The van der Waals surface area contributed by atoms with E-state index in [2.05, 4.69) is 20.3 Å². The SMILES string of the molecule is O=C(Nc1cnc(Cl)cn1)c1ccc([N+](=O)[O-])[nH]1. The number of aromatic amines is 1. The third kappa shape index (κ3) is 2.61. The molecule has 1 amide bonds. The van der Waals surface area contributed by atoms with Crippen LogP contribution in [0, 0.1) is 10.1 Å². The number of rotatable bonds is 3. The van der Waals surface area contributed by atoms with Crippen molar-refractivity contribution >= 4 is 29.1 Å². The largest absolute Gasteiger partial charge is 0.358 e. The zero-order valence-corrected chi connectivity index (χ0v) is 9.51. The van der Waals surface area contributed by atoms with Crippen molar-refractivity contribution in [3.05, 3.63) is 45.5 Å². The van der Waals surface area contributed by atoms with Gasteiger partial charge in [0.15, 0.2) is 11.5 Å². The Labute approximate surface area is 105 Å². The van der Waals surface area contributed by atoms with Gasteiger partial charge in [0.2, 0.25) is 0 Å². The lowest BCUT2D eigenvalue weighted by Crippen LogP contribution is -2.13. The Morgan fingerprint density at radius 2 is 2.17 bits per heavy atom. The number of nitrogens with zero attached hydrogens (tertiary/aromatic N) is 3. The first-order valence-electron chi connectivity index (χ1n) is 4.68. The average molecular weight is 268 g/mol. The van der Waals surface area contributed by atoms with E-state index in [1.54, 1.807) is 0 Å². The summed E-state index contributed by atoms with van der Waals surface area (Å²) in [5, 5.41) is 13.0. The maximum absolute atomic E-state index is 11.7. The molecule has 0 saturated heterocycles. The highest BCUT2D eigenvalue weighted by atomic mass is 35.5. The molecular weight excluding hydrogens is 262 g/mol. The van der Waals surface area contributed by atoms with E-state index >= 15 is 0 Å². The molecule has 18 heavy (non-hydrogen) atoms. The van der Waals surface area contributed by atoms with Crippen LogP contribution in [0.3, 0.4) is 0 Å². The van der Waals surface area contributed by atoms with Crippen LogP contribution in [0.15, 0.2) is 24.5 Å². The second kappa shape index (κ2) is 4.80. The summed E-state index contributed by atoms with van der Waals surface area (Å²) in [7, 11) is 0. The quantitative estimate of drug-likeness (QED) is 0.648. The number of anilines is 1. The van der Waals surface area contributed by atoms with Crippen LogP contribution in [0.5, 0.6) is 0 Å². The van der Waals surface area contributed by atoms with E-state index in [-0.39, 0.29) is 22.5 Å². The molecule has 92 valence electrons. The third-order valence-electron chi connectivity index (χ3n) is 1.97. The van der Waals surface area contributed by atoms with Gasteiger partial charge in [-0.05, 0) is 11.0 Å². The van der Waals surface area contributed by atoms with E-state index < -0.39 is 10.8 Å². The Balaban J connectivity index is 2.11. The molecule has 2 aromatic heterocycles. The number of hydrogen-bond donors (Lipinski definition) is 2. The van der Waals surface area contributed by atoms with Crippen molar-refractivity contribution < 1.29 is 9.72 Å². The number of H-pyrrole nitrogens is 1. The van der Waals surface area contributed by atoms with E-state index in [1.165, 1.54) is 24.5 Å². The second-order valence-corrected chi connectivity index (χ2v) is 3.58. The Morgan fingerprint density at radius 1 is 1.39 bits per heavy atom. The highest BCUT2D eigenvalue weighted by Gasteiger charge is 2.15. The molecule has 0 aliphatic rings. The van der Waals surface area contributed by atoms with Crippen LogP contribution < -0.4 is 5.32 Å². The van der Waals surface area contributed by atoms with Gasteiger partial charge < -0.3 is 15.4 Å². The number of carbonyl (C=O) groups is 1. The van der Waals surface area contributed by atoms with Crippen LogP contribution in [0.4, 0.5) is 11.6 Å². The fraction of sp³-hybridized carbons (Fsp3) is 0. The zero-order valence-electron chi connectivity index (χ0n) is 8.75. The Kier molecular flexibility index (Phi) is 3.20. The van der Waals surface area contributed by atoms with Gasteiger partial charge in [-0.15, -0.1) is 0 Å². The molecular formula is C9H6ClN5O3. The highest BCUT2D eigenvalue weighted by molar-refractivity contribution is 6.29. The van der Waals surface area contributed by atoms with Crippen molar-refractivity contribution in [3.63, 3.8) is 0 Å². The van der Waals surface area contributed by atoms with Crippen molar-refractivity contribution in [2.75, 3.05) is 5.32 Å². The summed E-state index contributed by atoms with van der Waals surface area (Å²) in [4.78, 5) is 31.4. The van der Waals surface area contributed by atoms with E-state index in [4.69, 9.17) is 11.6 Å². The van der Waals surface area contributed by atoms with Gasteiger partial charge in [-0.2, -0.15) is 0 Å². The lowest BCUT2D eigenvalue weighted by Gasteiger charge is -2.00. The molecule has 2 rings (SSSR count). The van der Waals surface area contributed by atoms with E-state index in [1.807, 2.05) is 0 Å². The van der Waals surface area contributed by atoms with Gasteiger partial charge in [-0.3, -0.25) is 4.79 Å². The topological polar surface area (TPSA) is 114 Å². The Hall–Kier alpha value is -2.48. The molecule has 0 saturated carbocycles. The minimum absolute atomic E-state index is 0.0541. The van der Waals surface area contributed by atoms with Crippen LogP contribution in [0.1, 0.15) is 10.5 Å². The van der Waals surface area contributed by atoms with Gasteiger partial charge in [0.05, 0.1) is 12.4 Å². The number of carbonyl (C=O) groups excluding carboxylic acids is 1. The highest BCUT2D eigenvalue weighted by Crippen LogP contribution is 2.12. The molecule has 0 aromatic carbocycles. The van der Waals surface area contributed by atoms with Crippen molar-refractivity contribution in [3.8, 4) is 0 Å². The summed E-state index contributed by atoms with van der Waals surface area (Å²) in [6.45, 7) is 0. The molecule has 0 bridgehead atoms. The fourth-order valence-electron chi connectivity index (χ4n) is 1.18. The van der Waals surface area contributed by atoms with Crippen molar-refractivity contribution in [2.24, 2.45) is 0 Å². The normalized spacial score (nSPS) is 10.1. The van der Waals surface area contributed by atoms with Crippen LogP contribution in [-0.2, 0) is 0 Å². The first kappa shape index (κ1) is 12.0. The minimum atomic E-state index is -0.626. The average Bonchev–Trinajstić information content (AvgIpc) is 2.81. The molecule has 0 fully saturated rings. The van der Waals surface area contributed by atoms with Gasteiger partial charge in [0.1, 0.15) is 5.15 Å². The second-order valence-electron chi connectivity index (χ2n) is 3.19. The van der Waals surface area contributed by atoms with Crippen molar-refractivity contribution in [2.45, 2.75) is 0 Å². The molecule has 0 spiro atoms. The van der Waals surface area contributed by atoms with Crippen molar-refractivity contribution in [1.29, 1.82) is 0 Å². The summed E-state index contributed by atoms with van der Waals surface area (Å²) >= 11 is 5.54. The summed E-state index contributed by atoms with van der Waals surface area (Å²) < 4.78 is 0. The molecule has 0 radical (unpaired) electrons. The van der Waals surface area contributed by atoms with Gasteiger partial charge in [-0.25, -0.2) is 15.0 Å². The van der Waals surface area contributed by atoms with Gasteiger partial charge >= 0.3 is 5.82 Å². The Morgan fingerprint density at radius 3 is 2.72 bits per heavy atom. The first-order chi connectivity index (χ1) is 8.56. The van der Waals surface area contributed by atoms with Crippen LogP contribution in [0.2, 0.25) is 5.15 Å². The maximum atomic E-state index is 11.7. The van der Waals surface area contributed by atoms with Gasteiger partial charge in [-0.1, -0.05) is 11.6 Å². The molecule has 0 unspecified atom stereocenters. The number of amides is 1. The molecule has 0 aliphatic heterocycles. The summed E-state index contributed by atoms with van der Waals surface area (Å²) in [5.74, 6) is -0.622. The fourth-order valence-corrected chi connectivity index (χ4v) is 1.28. The zero-order chi connectivity index (χ0) is 13.1. The molecule has 8 nitrogen and oxygen atoms in total. The number of hydrogen-bond acceptors (Lipinski definition) is 5. The van der Waals surface area contributed by atoms with E-state index in [0.29, 0.717) is 0 Å². The molecule has 9 heteroatoms. The molecule has 2 N–H and O–H groups in total. The van der Waals surface area contributed by atoms with E-state index in [9.17, 15) is 14.9 Å². The molecule has 0 aliphatic carbocycles. The molecule has 2 aromatic rings. The van der Waals surface area contributed by atoms with Crippen molar-refractivity contribution in [1.82, 2.24) is 15.0 Å². The molecule has 2 heterocycles. The maximum Gasteiger partial charge on any atom is 0.321 e. The van der Waals surface area contributed by atoms with E-state index in [0.717, 1.165) is 0 Å². The third-order valence-corrected chi connectivity index (χ3v) is 2.17. The predicted molar refractivity (Wildman–Crippen MR) is 62.4 cm³/mol. The monoisotopic (exact) mass is 267 g/mol. The summed E-state index contributed by atoms with van der Waals surface area (Å²) in [6, 6.07) is 2.50. The lowest BCUT2D eigenvalue weighted by atomic mass is 10.4. The van der Waals surface area contributed by atoms with Gasteiger partial charge in [0.25, 0.3) is 5.91 Å². The van der Waals surface area contributed by atoms with Crippen LogP contribution in [0.25, 0.3) is 0 Å². The number of nitrogens with one attached hydrogen (secondary N) is 2. The Bertz CT molecular complexity index is 595. The predicted octanol–water partition coefficient (Wildman–Crippen LogP) is 1.62. The lowest BCUT2D eigenvalue weighted by molar-refractivity contribution is -0.389. The molecule has 0 atom stereocenters. The smallest absolute Gasteiger partial charge is 0.321 e. The number of halogens is 1. The number of nitro groups is 1. The van der Waals surface area contributed by atoms with Crippen LogP contribution >= 0.6 is 11.6 Å².